The SMILES string of the molecule is Cc1ccc(C(C)Nc2ccc(C(=O)N(C)C)cc2N)o1. The first-order chi connectivity index (χ1) is 9.88. The molecular weight excluding hydrogens is 266 g/mol. The maximum Gasteiger partial charge on any atom is 0.253 e. The number of nitrogen functional groups attached to an aromatic ring is 1. The van der Waals surface area contributed by atoms with Crippen molar-refractivity contribution in [1.29, 1.82) is 0 Å². The second-order valence-electron chi connectivity index (χ2n) is 5.32. The van der Waals surface area contributed by atoms with Crippen LogP contribution < -0.4 is 11.1 Å². The van der Waals surface area contributed by atoms with Gasteiger partial charge in [0.2, 0.25) is 0 Å². The number of nitrogens with two attached hydrogens (primary N) is 1. The fourth-order valence-electron chi connectivity index (χ4n) is 2.08. The number of nitrogens with one attached hydrogen (secondary N) is 1. The molecule has 0 saturated carbocycles. The molecular formula is C16H21N3O2. The zero-order chi connectivity index (χ0) is 15.6. The molecule has 5 nitrogen and oxygen atoms in total. The van der Waals surface area contributed by atoms with Crippen LogP contribution in [-0.2, 0) is 0 Å². The number of carbonyl (C=O) groups excluding carboxylic acids is 1. The van der Waals surface area contributed by atoms with Crippen LogP contribution in [0.25, 0.3) is 0 Å². The summed E-state index contributed by atoms with van der Waals surface area (Å²) in [6.45, 7) is 3.91. The molecule has 1 aromatic carbocycles. The summed E-state index contributed by atoms with van der Waals surface area (Å²) in [6, 6.07) is 9.13. The average molecular weight is 287 g/mol. The molecule has 0 aliphatic carbocycles. The third-order valence-corrected chi connectivity index (χ3v) is 3.26. The van der Waals surface area contributed by atoms with Crippen molar-refractivity contribution in [2.75, 3.05) is 25.1 Å². The van der Waals surface area contributed by atoms with E-state index in [2.05, 4.69) is 5.32 Å². The third-order valence-electron chi connectivity index (χ3n) is 3.26. The molecule has 0 aliphatic rings. The second kappa shape index (κ2) is 5.91. The number of carbonyl (C=O) groups is 1. The van der Waals surface area contributed by atoms with Crippen LogP contribution in [0.1, 0.15) is 34.8 Å². The Balaban J connectivity index is 2.16. The fraction of sp³-hybridized carbons (Fsp3) is 0.312. The van der Waals surface area contributed by atoms with Crippen molar-refractivity contribution >= 4 is 17.3 Å². The van der Waals surface area contributed by atoms with Gasteiger partial charge in [-0.1, -0.05) is 0 Å². The van der Waals surface area contributed by atoms with Crippen molar-refractivity contribution in [3.63, 3.8) is 0 Å². The minimum Gasteiger partial charge on any atom is -0.464 e. The van der Waals surface area contributed by atoms with Crippen molar-refractivity contribution in [2.24, 2.45) is 0 Å². The number of hydrogen-bond acceptors (Lipinski definition) is 4. The predicted molar refractivity (Wildman–Crippen MR) is 84.4 cm³/mol. The van der Waals surface area contributed by atoms with Crippen LogP contribution in [0.2, 0.25) is 0 Å². The third kappa shape index (κ3) is 3.37. The molecule has 0 radical (unpaired) electrons. The lowest BCUT2D eigenvalue weighted by atomic mass is 10.1. The molecule has 2 rings (SSSR count). The minimum atomic E-state index is -0.0667. The average Bonchev–Trinajstić information content (AvgIpc) is 2.86. The Morgan fingerprint density at radius 2 is 2.00 bits per heavy atom. The summed E-state index contributed by atoms with van der Waals surface area (Å²) >= 11 is 0. The molecule has 1 unspecified atom stereocenters. The van der Waals surface area contributed by atoms with E-state index in [1.165, 1.54) is 4.90 Å². The minimum absolute atomic E-state index is 0.00333. The number of amides is 1. The van der Waals surface area contributed by atoms with E-state index in [9.17, 15) is 4.79 Å². The smallest absolute Gasteiger partial charge is 0.253 e. The summed E-state index contributed by atoms with van der Waals surface area (Å²) in [5.74, 6) is 1.65. The van der Waals surface area contributed by atoms with E-state index < -0.39 is 0 Å². The maximum absolute atomic E-state index is 11.9. The van der Waals surface area contributed by atoms with Gasteiger partial charge in [-0.3, -0.25) is 4.79 Å². The van der Waals surface area contributed by atoms with Crippen molar-refractivity contribution in [3.05, 3.63) is 47.4 Å². The number of anilines is 2. The summed E-state index contributed by atoms with van der Waals surface area (Å²) in [5.41, 5.74) is 7.92. The lowest BCUT2D eigenvalue weighted by Crippen LogP contribution is -2.21. The van der Waals surface area contributed by atoms with Crippen molar-refractivity contribution < 1.29 is 9.21 Å². The topological polar surface area (TPSA) is 71.5 Å². The molecule has 21 heavy (non-hydrogen) atoms. The quantitative estimate of drug-likeness (QED) is 0.848. The Kier molecular flexibility index (Phi) is 4.21. The van der Waals surface area contributed by atoms with Crippen LogP contribution in [0, 0.1) is 6.92 Å². The zero-order valence-corrected chi connectivity index (χ0v) is 12.8. The number of rotatable bonds is 4. The molecule has 3 N–H and O–H groups in total. The first kappa shape index (κ1) is 15.0. The van der Waals surface area contributed by atoms with Gasteiger partial charge in [-0.15, -0.1) is 0 Å². The molecule has 0 saturated heterocycles. The van der Waals surface area contributed by atoms with Crippen LogP contribution in [0.5, 0.6) is 0 Å². The largest absolute Gasteiger partial charge is 0.464 e. The van der Waals surface area contributed by atoms with Crippen LogP contribution in [0.3, 0.4) is 0 Å². The number of benzene rings is 1. The van der Waals surface area contributed by atoms with Crippen LogP contribution >= 0.6 is 0 Å². The Hall–Kier alpha value is -2.43. The highest BCUT2D eigenvalue weighted by Crippen LogP contribution is 2.26. The summed E-state index contributed by atoms with van der Waals surface area (Å²) in [6.07, 6.45) is 0. The molecule has 1 aromatic heterocycles. The lowest BCUT2D eigenvalue weighted by Gasteiger charge is -2.16. The van der Waals surface area contributed by atoms with Gasteiger partial charge in [0.1, 0.15) is 11.5 Å². The Morgan fingerprint density at radius 3 is 2.52 bits per heavy atom. The fourth-order valence-corrected chi connectivity index (χ4v) is 2.08. The molecule has 2 aromatic rings. The number of nitrogens with zero attached hydrogens (tertiary/aromatic N) is 1. The van der Waals surface area contributed by atoms with Gasteiger partial charge >= 0.3 is 0 Å². The molecule has 1 amide bonds. The maximum atomic E-state index is 11.9. The summed E-state index contributed by atoms with van der Waals surface area (Å²) < 4.78 is 5.59. The monoisotopic (exact) mass is 287 g/mol. The number of aryl methyl sites for hydroxylation is 1. The van der Waals surface area contributed by atoms with Gasteiger partial charge < -0.3 is 20.4 Å². The molecule has 0 fully saturated rings. The first-order valence-electron chi connectivity index (χ1n) is 6.82. The zero-order valence-electron chi connectivity index (χ0n) is 12.8. The van der Waals surface area contributed by atoms with E-state index >= 15 is 0 Å². The van der Waals surface area contributed by atoms with Crippen molar-refractivity contribution in [3.8, 4) is 0 Å². The van der Waals surface area contributed by atoms with E-state index in [1.807, 2.05) is 32.0 Å². The molecule has 1 atom stereocenters. The highest BCUT2D eigenvalue weighted by atomic mass is 16.3. The predicted octanol–water partition coefficient (Wildman–Crippen LogP) is 3.05. The highest BCUT2D eigenvalue weighted by Gasteiger charge is 2.13. The second-order valence-corrected chi connectivity index (χ2v) is 5.32. The van der Waals surface area contributed by atoms with E-state index in [-0.39, 0.29) is 11.9 Å². The van der Waals surface area contributed by atoms with Crippen molar-refractivity contribution in [2.45, 2.75) is 19.9 Å². The molecule has 0 aliphatic heterocycles. The van der Waals surface area contributed by atoms with Gasteiger partial charge in [0.05, 0.1) is 17.4 Å². The first-order valence-corrected chi connectivity index (χ1v) is 6.82. The standard InChI is InChI=1S/C16H21N3O2/c1-10-5-8-15(21-10)11(2)18-14-7-6-12(9-13(14)17)16(20)19(3)4/h5-9,11,18H,17H2,1-4H3. The summed E-state index contributed by atoms with van der Waals surface area (Å²) in [7, 11) is 3.43. The molecule has 0 bridgehead atoms. The number of furan rings is 1. The van der Waals surface area contributed by atoms with E-state index in [0.29, 0.717) is 11.3 Å². The summed E-state index contributed by atoms with van der Waals surface area (Å²) in [4.78, 5) is 13.4. The number of hydrogen-bond donors (Lipinski definition) is 2. The Bertz CT molecular complexity index is 647. The normalized spacial score (nSPS) is 12.0. The van der Waals surface area contributed by atoms with Gasteiger partial charge in [0.25, 0.3) is 5.91 Å². The van der Waals surface area contributed by atoms with Crippen LogP contribution in [-0.4, -0.2) is 24.9 Å². The lowest BCUT2D eigenvalue weighted by molar-refractivity contribution is 0.0827. The van der Waals surface area contributed by atoms with E-state index in [1.54, 1.807) is 26.2 Å². The molecule has 5 heteroatoms. The van der Waals surface area contributed by atoms with Gasteiger partial charge in [0.15, 0.2) is 0 Å². The van der Waals surface area contributed by atoms with Gasteiger partial charge in [-0.2, -0.15) is 0 Å². The van der Waals surface area contributed by atoms with Crippen molar-refractivity contribution in [1.82, 2.24) is 4.90 Å². The molecule has 1 heterocycles. The molecule has 112 valence electrons. The molecule has 0 spiro atoms. The van der Waals surface area contributed by atoms with Crippen LogP contribution in [0.4, 0.5) is 11.4 Å². The van der Waals surface area contributed by atoms with E-state index in [0.717, 1.165) is 17.2 Å². The Morgan fingerprint density at radius 1 is 1.29 bits per heavy atom. The summed E-state index contributed by atoms with van der Waals surface area (Å²) in [5, 5.41) is 3.29. The van der Waals surface area contributed by atoms with Gasteiger partial charge in [-0.05, 0) is 44.2 Å². The Labute approximate surface area is 124 Å². The van der Waals surface area contributed by atoms with Crippen LogP contribution in [0.15, 0.2) is 34.7 Å². The highest BCUT2D eigenvalue weighted by molar-refractivity contribution is 5.95. The van der Waals surface area contributed by atoms with Gasteiger partial charge in [-0.25, -0.2) is 0 Å². The van der Waals surface area contributed by atoms with E-state index in [4.69, 9.17) is 10.2 Å². The van der Waals surface area contributed by atoms with Gasteiger partial charge in [0, 0.05) is 19.7 Å².